The molecule has 0 amide bonds. The van der Waals surface area contributed by atoms with Crippen LogP contribution in [0.25, 0.3) is 209 Å². The lowest BCUT2D eigenvalue weighted by molar-refractivity contribution is 0.590. The Kier molecular flexibility index (Phi) is 18.8. The number of hydrogen-bond acceptors (Lipinski definition) is 2. The molecule has 0 saturated carbocycles. The second-order valence-corrected chi connectivity index (χ2v) is 45.8. The molecule has 686 valence electrons. The molecule has 0 aliphatic carbocycles. The fourth-order valence-electron chi connectivity index (χ4n) is 25.4. The number of benzene rings is 23. The third-order valence-electron chi connectivity index (χ3n) is 31.9. The van der Waals surface area contributed by atoms with E-state index < -0.39 is 5.41 Å². The molecule has 143 heavy (non-hydrogen) atoms. The van der Waals surface area contributed by atoms with Gasteiger partial charge in [0, 0.05) is 77.9 Å². The molecule has 0 radical (unpaired) electrons. The monoisotopic (exact) mass is 1830 g/mol. The highest BCUT2D eigenvalue weighted by molar-refractivity contribution is 7.00. The Morgan fingerprint density at radius 2 is 0.420 bits per heavy atom. The van der Waals surface area contributed by atoms with Gasteiger partial charge in [0.25, 0.3) is 6.71 Å². The van der Waals surface area contributed by atoms with Crippen molar-refractivity contribution in [1.82, 2.24) is 9.13 Å². The molecule has 0 N–H and O–H groups in total. The maximum atomic E-state index is 2.81. The molecule has 0 unspecified atom stereocenters. The Morgan fingerprint density at radius 1 is 0.182 bits per heavy atom. The Morgan fingerprint density at radius 3 is 0.678 bits per heavy atom. The van der Waals surface area contributed by atoms with Gasteiger partial charge in [-0.25, -0.2) is 0 Å². The van der Waals surface area contributed by atoms with Crippen molar-refractivity contribution in [3.63, 3.8) is 0 Å². The van der Waals surface area contributed by atoms with Gasteiger partial charge in [0.2, 0.25) is 0 Å². The number of hydrogen-bond donors (Lipinski definition) is 0. The van der Waals surface area contributed by atoms with Gasteiger partial charge in [-0.05, 0) is 288 Å². The molecule has 2 aromatic heterocycles. The number of nitrogens with zero attached hydrogens (tertiary/aromatic N) is 4. The van der Waals surface area contributed by atoms with Gasteiger partial charge in [0.05, 0.1) is 33.4 Å². The highest BCUT2D eigenvalue weighted by Crippen LogP contribution is 2.60. The van der Waals surface area contributed by atoms with Crippen LogP contribution in [-0.4, -0.2) is 15.8 Å². The van der Waals surface area contributed by atoms with Crippen LogP contribution in [0.1, 0.15) is 132 Å². The SMILES string of the molecule is CC(C)(C)c1cc2c3c(c1)N(c1c(-c4cccc(-c5ccccc5)c4)cccc1-c1cccc(-c4ccccc4)c1)c1cc(-n4c5cc(C(C)(C)C)c6cccc7c8cccc9c(C(C)(C)C)cc4c(c98)c5c67)ccc1B3c1ccc(-n3c4cc(C(C)(C)C)c5cccc6c7cccc8c(C(C)(C)C)cc3c(c87)c4c56)cc1N2c1c(-c2cccc(-c3ccccc3)c2)cccc1-c1cccc(-c2ccccc2)c1. The van der Waals surface area contributed by atoms with Crippen molar-refractivity contribution in [3.05, 3.63) is 428 Å². The topological polar surface area (TPSA) is 16.3 Å². The number of para-hydroxylation sites is 2. The van der Waals surface area contributed by atoms with Crippen molar-refractivity contribution < 1.29 is 0 Å². The van der Waals surface area contributed by atoms with Gasteiger partial charge >= 0.3 is 0 Å². The summed E-state index contributed by atoms with van der Waals surface area (Å²) in [6, 6.07) is 156. The summed E-state index contributed by atoms with van der Waals surface area (Å²) < 4.78 is 5.44. The van der Waals surface area contributed by atoms with Gasteiger partial charge < -0.3 is 18.9 Å². The molecule has 23 aromatic carbocycles. The zero-order valence-corrected chi connectivity index (χ0v) is 84.0. The number of fused-ring (bicyclic) bond motifs is 6. The van der Waals surface area contributed by atoms with E-state index in [1.165, 1.54) is 152 Å². The Labute approximate surface area is 837 Å². The summed E-state index contributed by atoms with van der Waals surface area (Å²) in [5.41, 5.74) is 40.6. The second-order valence-electron chi connectivity index (χ2n) is 45.8. The van der Waals surface area contributed by atoms with E-state index >= 15 is 0 Å². The smallest absolute Gasteiger partial charge is 0.252 e. The average molecular weight is 1840 g/mol. The fourth-order valence-corrected chi connectivity index (χ4v) is 25.4. The Bertz CT molecular complexity index is 8550. The molecule has 5 heteroatoms. The first-order chi connectivity index (χ1) is 69.1. The third-order valence-corrected chi connectivity index (χ3v) is 31.9. The van der Waals surface area contributed by atoms with Crippen molar-refractivity contribution in [2.45, 2.75) is 131 Å². The van der Waals surface area contributed by atoms with Crippen molar-refractivity contribution in [1.29, 1.82) is 0 Å². The molecule has 0 atom stereocenters. The lowest BCUT2D eigenvalue weighted by Gasteiger charge is -2.46. The molecule has 0 spiro atoms. The van der Waals surface area contributed by atoms with Crippen LogP contribution in [0.4, 0.5) is 34.1 Å². The number of rotatable bonds is 12. The highest BCUT2D eigenvalue weighted by Gasteiger charge is 2.48. The van der Waals surface area contributed by atoms with E-state index in [4.69, 9.17) is 0 Å². The van der Waals surface area contributed by atoms with Gasteiger partial charge in [-0.1, -0.05) is 419 Å². The molecule has 0 fully saturated rings. The van der Waals surface area contributed by atoms with E-state index in [0.29, 0.717) is 0 Å². The summed E-state index contributed by atoms with van der Waals surface area (Å²) in [5.74, 6) is 0. The van der Waals surface area contributed by atoms with E-state index in [2.05, 4.69) is 523 Å². The van der Waals surface area contributed by atoms with Crippen LogP contribution in [0.2, 0.25) is 0 Å². The van der Waals surface area contributed by atoms with E-state index in [-0.39, 0.29) is 28.4 Å². The molecular weight excluding hydrogens is 1720 g/mol. The van der Waals surface area contributed by atoms with Gasteiger partial charge in [-0.3, -0.25) is 0 Å². The molecule has 2 aliphatic rings. The van der Waals surface area contributed by atoms with Gasteiger partial charge in [0.15, 0.2) is 0 Å². The van der Waals surface area contributed by atoms with Crippen LogP contribution in [0, 0.1) is 0 Å². The van der Waals surface area contributed by atoms with E-state index in [1.54, 1.807) is 0 Å². The largest absolute Gasteiger partial charge is 0.310 e. The van der Waals surface area contributed by atoms with Crippen LogP contribution in [0.15, 0.2) is 400 Å². The summed E-state index contributed by atoms with van der Waals surface area (Å²) >= 11 is 0. The molecule has 4 heterocycles. The predicted molar refractivity (Wildman–Crippen MR) is 616 cm³/mol. The van der Waals surface area contributed by atoms with Crippen LogP contribution in [-0.2, 0) is 27.1 Å². The van der Waals surface area contributed by atoms with Gasteiger partial charge in [-0.15, -0.1) is 0 Å². The molecular formula is C138H111BN4. The lowest BCUT2D eigenvalue weighted by Crippen LogP contribution is -2.61. The summed E-state index contributed by atoms with van der Waals surface area (Å²) in [6.07, 6.45) is 0. The van der Waals surface area contributed by atoms with Crippen LogP contribution < -0.4 is 26.2 Å². The van der Waals surface area contributed by atoms with Crippen LogP contribution >= 0.6 is 0 Å². The van der Waals surface area contributed by atoms with Crippen molar-refractivity contribution in [2.24, 2.45) is 0 Å². The predicted octanol–water partition coefficient (Wildman–Crippen LogP) is 36.5. The van der Waals surface area contributed by atoms with Crippen molar-refractivity contribution in [3.8, 4) is 100 Å². The zero-order chi connectivity index (χ0) is 97.1. The van der Waals surface area contributed by atoms with Crippen molar-refractivity contribution >= 4 is 165 Å². The highest BCUT2D eigenvalue weighted by atomic mass is 15.2. The minimum Gasteiger partial charge on any atom is -0.310 e. The normalized spacial score (nSPS) is 13.2. The maximum absolute atomic E-state index is 2.81. The Hall–Kier alpha value is -16.1. The first-order valence-electron chi connectivity index (χ1n) is 51.1. The molecule has 4 nitrogen and oxygen atoms in total. The standard InChI is InChI=1S/C138H111BN4/c1-134(2,3)94-74-121-131-122(75-94)143(133-99(92-52-30-48-88(72-92)84-42-24-18-25-43-84)56-33-57-100(133)93-53-31-49-89(73-93)85-44-26-19-27-45-85)116-77-96(141-119-80-111(137(10,11)12)107-64-36-60-103-104-61-37-65-108-112(138(13,14)15)81-120(141)130(126(104)108)129(119)125(103)107)67-69-114(116)139(131)113-68-66-95(140-117-78-109(135(4,5)6)105-62-34-58-101-102-59-35-63-106-110(136(7,8)9)79-118(140)128(124(102)106)127(117)123(101)105)76-115(113)142(121)132-97(90-50-28-46-86(70-90)82-38-20-16-21-39-82)54-32-55-98(132)91-51-29-47-87(71-91)83-40-22-17-23-41-83/h16-81H,1-15H3. The minimum absolute atomic E-state index is 0.232. The maximum Gasteiger partial charge on any atom is 0.252 e. The average Bonchev–Trinajstić information content (AvgIpc) is 1.55. The van der Waals surface area contributed by atoms with E-state index in [0.717, 1.165) is 135 Å². The van der Waals surface area contributed by atoms with Crippen LogP contribution in [0.3, 0.4) is 0 Å². The van der Waals surface area contributed by atoms with E-state index in [9.17, 15) is 0 Å². The first-order valence-corrected chi connectivity index (χ1v) is 51.1. The molecule has 0 saturated heterocycles. The molecule has 27 rings (SSSR count). The second kappa shape index (κ2) is 31.2. The summed E-state index contributed by atoms with van der Waals surface area (Å²) in [7, 11) is 0. The van der Waals surface area contributed by atoms with E-state index in [1.807, 2.05) is 0 Å². The zero-order valence-electron chi connectivity index (χ0n) is 84.0. The number of anilines is 6. The lowest BCUT2D eigenvalue weighted by atomic mass is 9.33. The Balaban J connectivity index is 0.833. The van der Waals surface area contributed by atoms with Gasteiger partial charge in [-0.2, -0.15) is 0 Å². The third kappa shape index (κ3) is 13.1. The minimum atomic E-state index is -0.447. The summed E-state index contributed by atoms with van der Waals surface area (Å²) in [6.45, 7) is 35.9. The molecule has 0 bridgehead atoms. The fraction of sp³-hybridized carbons (Fsp3) is 0.145. The summed E-state index contributed by atoms with van der Waals surface area (Å²) in [5, 5.41) is 21.1. The van der Waals surface area contributed by atoms with Crippen LogP contribution in [0.5, 0.6) is 0 Å². The van der Waals surface area contributed by atoms with Crippen molar-refractivity contribution in [2.75, 3.05) is 9.80 Å². The first kappa shape index (κ1) is 86.1. The number of aromatic nitrogens is 2. The summed E-state index contributed by atoms with van der Waals surface area (Å²) in [4.78, 5) is 5.61. The molecule has 2 aliphatic heterocycles. The quantitative estimate of drug-likeness (QED) is 0.0689. The molecule has 25 aromatic rings. The van der Waals surface area contributed by atoms with Gasteiger partial charge in [0.1, 0.15) is 0 Å².